The van der Waals surface area contributed by atoms with Crippen LogP contribution in [0.25, 0.3) is 11.8 Å². The first-order valence-corrected chi connectivity index (χ1v) is 5.45. The minimum atomic E-state index is -0.888. The van der Waals surface area contributed by atoms with Gasteiger partial charge in [0, 0.05) is 24.0 Å². The van der Waals surface area contributed by atoms with Gasteiger partial charge in [0.25, 0.3) is 0 Å². The average molecular weight is 225 g/mol. The number of benzene rings is 1. The van der Waals surface area contributed by atoms with Crippen LogP contribution in [0.4, 0.5) is 0 Å². The highest BCUT2D eigenvalue weighted by Gasteiger charge is 2.18. The summed E-state index contributed by atoms with van der Waals surface area (Å²) in [5.41, 5.74) is 3.44. The van der Waals surface area contributed by atoms with E-state index in [0.717, 1.165) is 23.4 Å². The Kier molecular flexibility index (Phi) is 2.11. The number of carboxylic acid groups (broad SMARTS) is 1. The Morgan fingerprint density at radius 2 is 2.24 bits per heavy atom. The SMILES string of the molecule is O=C(O)c1ccc2c(c1)C1=CC=CCN1C=C2. The van der Waals surface area contributed by atoms with Gasteiger partial charge in [-0.3, -0.25) is 0 Å². The molecule has 1 N–H and O–H groups in total. The minimum absolute atomic E-state index is 0.328. The largest absolute Gasteiger partial charge is 0.478 e. The van der Waals surface area contributed by atoms with E-state index in [4.69, 9.17) is 5.11 Å². The van der Waals surface area contributed by atoms with E-state index in [1.807, 2.05) is 30.5 Å². The van der Waals surface area contributed by atoms with Crippen LogP contribution in [-0.4, -0.2) is 22.5 Å². The Morgan fingerprint density at radius 3 is 3.06 bits per heavy atom. The summed E-state index contributed by atoms with van der Waals surface area (Å²) >= 11 is 0. The molecule has 0 spiro atoms. The first-order valence-electron chi connectivity index (χ1n) is 5.45. The molecular formula is C14H11NO2. The predicted octanol–water partition coefficient (Wildman–Crippen LogP) is 2.58. The molecule has 1 aromatic carbocycles. The first kappa shape index (κ1) is 9.90. The number of aromatic carboxylic acids is 1. The summed E-state index contributed by atoms with van der Waals surface area (Å²) in [5, 5.41) is 9.02. The van der Waals surface area contributed by atoms with Crippen LogP contribution in [0.3, 0.4) is 0 Å². The zero-order valence-electron chi connectivity index (χ0n) is 9.13. The Hall–Kier alpha value is -2.29. The molecule has 0 amide bonds. The van der Waals surface area contributed by atoms with Crippen LogP contribution in [0.2, 0.25) is 0 Å². The summed E-state index contributed by atoms with van der Waals surface area (Å²) < 4.78 is 0. The summed E-state index contributed by atoms with van der Waals surface area (Å²) in [6.07, 6.45) is 10.1. The van der Waals surface area contributed by atoms with E-state index in [1.54, 1.807) is 12.1 Å². The number of rotatable bonds is 1. The van der Waals surface area contributed by atoms with Gasteiger partial charge in [0.1, 0.15) is 0 Å². The van der Waals surface area contributed by atoms with Crippen molar-refractivity contribution in [2.75, 3.05) is 6.54 Å². The van der Waals surface area contributed by atoms with Crippen LogP contribution in [0, 0.1) is 0 Å². The zero-order chi connectivity index (χ0) is 11.8. The molecule has 0 saturated carbocycles. The third-order valence-electron chi connectivity index (χ3n) is 3.01. The van der Waals surface area contributed by atoms with Crippen LogP contribution in [0.5, 0.6) is 0 Å². The summed E-state index contributed by atoms with van der Waals surface area (Å²) in [7, 11) is 0. The number of fused-ring (bicyclic) bond motifs is 3. The molecule has 3 heteroatoms. The van der Waals surface area contributed by atoms with E-state index >= 15 is 0 Å². The fourth-order valence-electron chi connectivity index (χ4n) is 2.14. The molecule has 2 aliphatic heterocycles. The van der Waals surface area contributed by atoms with E-state index in [9.17, 15) is 4.79 Å². The summed E-state index contributed by atoms with van der Waals surface area (Å²) in [6.45, 7) is 0.832. The number of carboxylic acids is 1. The van der Waals surface area contributed by atoms with Gasteiger partial charge in [-0.25, -0.2) is 4.79 Å². The van der Waals surface area contributed by atoms with Gasteiger partial charge in [0.15, 0.2) is 0 Å². The van der Waals surface area contributed by atoms with E-state index in [-0.39, 0.29) is 0 Å². The lowest BCUT2D eigenvalue weighted by Gasteiger charge is -2.29. The lowest BCUT2D eigenvalue weighted by atomic mass is 9.96. The second-order valence-electron chi connectivity index (χ2n) is 4.06. The van der Waals surface area contributed by atoms with Crippen molar-refractivity contribution in [3.05, 3.63) is 59.3 Å². The second kappa shape index (κ2) is 3.63. The minimum Gasteiger partial charge on any atom is -0.478 e. The maximum atomic E-state index is 11.0. The molecule has 2 aliphatic rings. The van der Waals surface area contributed by atoms with E-state index in [1.165, 1.54) is 0 Å². The molecule has 0 fully saturated rings. The number of carbonyl (C=O) groups is 1. The van der Waals surface area contributed by atoms with E-state index in [0.29, 0.717) is 5.56 Å². The third kappa shape index (κ3) is 1.56. The Balaban J connectivity index is 2.18. The maximum Gasteiger partial charge on any atom is 0.335 e. The van der Waals surface area contributed by atoms with Crippen molar-refractivity contribution in [3.63, 3.8) is 0 Å². The smallest absolute Gasteiger partial charge is 0.335 e. The van der Waals surface area contributed by atoms with Crippen molar-refractivity contribution in [3.8, 4) is 0 Å². The molecule has 0 aromatic heterocycles. The van der Waals surface area contributed by atoms with Crippen molar-refractivity contribution in [2.24, 2.45) is 0 Å². The third-order valence-corrected chi connectivity index (χ3v) is 3.01. The van der Waals surface area contributed by atoms with Crippen molar-refractivity contribution in [1.29, 1.82) is 0 Å². The van der Waals surface area contributed by atoms with Crippen molar-refractivity contribution < 1.29 is 9.90 Å². The monoisotopic (exact) mass is 225 g/mol. The van der Waals surface area contributed by atoms with Gasteiger partial charge >= 0.3 is 5.97 Å². The standard InChI is InChI=1S/C14H11NO2/c16-14(17)11-5-4-10-6-8-15-7-2-1-3-13(15)12(10)9-11/h1-6,8-9H,7H2,(H,16,17). The molecule has 0 radical (unpaired) electrons. The van der Waals surface area contributed by atoms with Crippen molar-refractivity contribution in [2.45, 2.75) is 0 Å². The molecular weight excluding hydrogens is 214 g/mol. The summed E-state index contributed by atoms with van der Waals surface area (Å²) in [4.78, 5) is 13.1. The van der Waals surface area contributed by atoms with Crippen LogP contribution >= 0.6 is 0 Å². The van der Waals surface area contributed by atoms with Crippen molar-refractivity contribution >= 4 is 17.7 Å². The van der Waals surface area contributed by atoms with E-state index < -0.39 is 5.97 Å². The van der Waals surface area contributed by atoms with Crippen LogP contribution in [0.1, 0.15) is 21.5 Å². The maximum absolute atomic E-state index is 11.0. The fraction of sp³-hybridized carbons (Fsp3) is 0.0714. The lowest BCUT2D eigenvalue weighted by Crippen LogP contribution is -2.21. The van der Waals surface area contributed by atoms with Crippen LogP contribution in [0.15, 0.2) is 42.6 Å². The number of allylic oxidation sites excluding steroid dienone is 2. The molecule has 17 heavy (non-hydrogen) atoms. The molecule has 84 valence electrons. The number of nitrogens with zero attached hydrogens (tertiary/aromatic N) is 1. The molecule has 0 unspecified atom stereocenters. The van der Waals surface area contributed by atoms with Gasteiger partial charge in [0.2, 0.25) is 0 Å². The van der Waals surface area contributed by atoms with Gasteiger partial charge in [0.05, 0.1) is 5.56 Å². The first-order chi connectivity index (χ1) is 8.25. The molecule has 0 saturated heterocycles. The molecule has 0 aliphatic carbocycles. The highest BCUT2D eigenvalue weighted by molar-refractivity contribution is 5.91. The molecule has 3 rings (SSSR count). The molecule has 3 nitrogen and oxygen atoms in total. The molecule has 1 aromatic rings. The van der Waals surface area contributed by atoms with Crippen LogP contribution < -0.4 is 0 Å². The summed E-state index contributed by atoms with van der Waals surface area (Å²) in [6, 6.07) is 5.23. The molecule has 0 bridgehead atoms. The normalized spacial score (nSPS) is 16.2. The highest BCUT2D eigenvalue weighted by atomic mass is 16.4. The Bertz CT molecular complexity index is 582. The Morgan fingerprint density at radius 1 is 1.35 bits per heavy atom. The highest BCUT2D eigenvalue weighted by Crippen LogP contribution is 2.31. The van der Waals surface area contributed by atoms with E-state index in [2.05, 4.69) is 11.0 Å². The number of hydrogen-bond donors (Lipinski definition) is 1. The van der Waals surface area contributed by atoms with Gasteiger partial charge in [-0.15, -0.1) is 0 Å². The molecule has 2 heterocycles. The fourth-order valence-corrected chi connectivity index (χ4v) is 2.14. The number of hydrogen-bond acceptors (Lipinski definition) is 2. The second-order valence-corrected chi connectivity index (χ2v) is 4.06. The van der Waals surface area contributed by atoms with Crippen molar-refractivity contribution in [1.82, 2.24) is 4.90 Å². The van der Waals surface area contributed by atoms with Gasteiger partial charge in [-0.05, 0) is 29.8 Å². The van der Waals surface area contributed by atoms with Gasteiger partial charge < -0.3 is 10.0 Å². The molecule has 0 atom stereocenters. The summed E-state index contributed by atoms with van der Waals surface area (Å²) in [5.74, 6) is -0.888. The predicted molar refractivity (Wildman–Crippen MR) is 66.3 cm³/mol. The van der Waals surface area contributed by atoms with Crippen LogP contribution in [-0.2, 0) is 0 Å². The average Bonchev–Trinajstić information content (AvgIpc) is 2.38. The lowest BCUT2D eigenvalue weighted by molar-refractivity contribution is 0.0697. The van der Waals surface area contributed by atoms with Gasteiger partial charge in [-0.1, -0.05) is 18.2 Å². The van der Waals surface area contributed by atoms with Gasteiger partial charge in [-0.2, -0.15) is 0 Å². The zero-order valence-corrected chi connectivity index (χ0v) is 9.13. The topological polar surface area (TPSA) is 40.5 Å². The quantitative estimate of drug-likeness (QED) is 0.798. The Labute approximate surface area is 99.0 Å².